The van der Waals surface area contributed by atoms with Crippen molar-refractivity contribution in [3.05, 3.63) is 42.2 Å². The van der Waals surface area contributed by atoms with Crippen molar-refractivity contribution in [3.63, 3.8) is 0 Å². The van der Waals surface area contributed by atoms with E-state index in [1.165, 1.54) is 6.07 Å². The van der Waals surface area contributed by atoms with Gasteiger partial charge in [-0.2, -0.15) is 0 Å². The largest absolute Gasteiger partial charge is 0.362 e. The molecule has 2 rings (SSSR count). The van der Waals surface area contributed by atoms with Gasteiger partial charge in [0.2, 0.25) is 5.95 Å². The zero-order valence-corrected chi connectivity index (χ0v) is 10.3. The highest BCUT2D eigenvalue weighted by Gasteiger charge is 2.03. The minimum Gasteiger partial charge on any atom is -0.362 e. The Bertz CT molecular complexity index is 514. The third-order valence-corrected chi connectivity index (χ3v) is 2.46. The lowest BCUT2D eigenvalue weighted by Gasteiger charge is -2.08. The Labute approximate surface area is 109 Å². The van der Waals surface area contributed by atoms with Crippen LogP contribution < -0.4 is 10.6 Å². The number of rotatable bonds is 4. The van der Waals surface area contributed by atoms with E-state index in [1.807, 2.05) is 0 Å². The van der Waals surface area contributed by atoms with Crippen LogP contribution in [0.5, 0.6) is 0 Å². The smallest absolute Gasteiger partial charge is 0.206 e. The van der Waals surface area contributed by atoms with Gasteiger partial charge in [0.1, 0.15) is 5.82 Å². The van der Waals surface area contributed by atoms with Crippen molar-refractivity contribution in [2.75, 3.05) is 11.9 Å². The number of halogens is 1. The molecule has 0 atom stereocenters. The Morgan fingerprint density at radius 2 is 2.28 bits per heavy atom. The van der Waals surface area contributed by atoms with Crippen molar-refractivity contribution in [2.45, 2.75) is 6.42 Å². The molecule has 94 valence electrons. The van der Waals surface area contributed by atoms with Crippen molar-refractivity contribution >= 4 is 23.3 Å². The number of H-pyrrole nitrogens is 1. The molecular formula is C11H12FN5S. The topological polar surface area (TPSA) is 65.6 Å². The number of hydrogen-bond acceptors (Lipinski definition) is 3. The second-order valence-corrected chi connectivity index (χ2v) is 3.91. The highest BCUT2D eigenvalue weighted by molar-refractivity contribution is 7.80. The molecule has 0 amide bonds. The van der Waals surface area contributed by atoms with Crippen LogP contribution in [0.1, 0.15) is 5.69 Å². The number of imidazole rings is 1. The van der Waals surface area contributed by atoms with Crippen LogP contribution >= 0.6 is 12.2 Å². The summed E-state index contributed by atoms with van der Waals surface area (Å²) < 4.78 is 13.3. The number of nitrogens with zero attached hydrogens (tertiary/aromatic N) is 2. The van der Waals surface area contributed by atoms with Crippen molar-refractivity contribution in [1.82, 2.24) is 20.3 Å². The second kappa shape index (κ2) is 6.06. The van der Waals surface area contributed by atoms with Crippen LogP contribution in [0.4, 0.5) is 10.3 Å². The molecule has 5 nitrogen and oxygen atoms in total. The van der Waals surface area contributed by atoms with Crippen LogP contribution in [0, 0.1) is 5.82 Å². The molecule has 0 aliphatic heterocycles. The highest BCUT2D eigenvalue weighted by Crippen LogP contribution is 2.02. The minimum atomic E-state index is -0.302. The van der Waals surface area contributed by atoms with Gasteiger partial charge < -0.3 is 15.6 Å². The maximum atomic E-state index is 13.3. The molecule has 2 aromatic heterocycles. The Hall–Kier alpha value is -2.02. The zero-order valence-electron chi connectivity index (χ0n) is 9.48. The van der Waals surface area contributed by atoms with Crippen molar-refractivity contribution in [3.8, 4) is 0 Å². The first-order valence-electron chi connectivity index (χ1n) is 5.39. The van der Waals surface area contributed by atoms with E-state index in [2.05, 4.69) is 25.6 Å². The highest BCUT2D eigenvalue weighted by atomic mass is 32.1. The minimum absolute atomic E-state index is 0.302. The van der Waals surface area contributed by atoms with Gasteiger partial charge in [-0.1, -0.05) is 0 Å². The molecule has 0 aliphatic rings. The Morgan fingerprint density at radius 3 is 3.00 bits per heavy atom. The van der Waals surface area contributed by atoms with E-state index in [0.717, 1.165) is 0 Å². The standard InChI is InChI=1S/C11H12FN5S/c12-8-2-1-4-13-9(8)3-5-16-11(18)17-10-14-6-7-15-10/h1-2,4,6-7H,3,5H2,(H3,14,15,16,17,18). The van der Waals surface area contributed by atoms with Crippen LogP contribution in [-0.4, -0.2) is 26.6 Å². The molecule has 3 N–H and O–H groups in total. The molecule has 18 heavy (non-hydrogen) atoms. The van der Waals surface area contributed by atoms with Gasteiger partial charge in [-0.25, -0.2) is 9.37 Å². The van der Waals surface area contributed by atoms with Crippen LogP contribution in [0.15, 0.2) is 30.7 Å². The van der Waals surface area contributed by atoms with Gasteiger partial charge in [0.05, 0.1) is 5.69 Å². The van der Waals surface area contributed by atoms with E-state index in [1.54, 1.807) is 24.7 Å². The Kier molecular flexibility index (Phi) is 4.19. The SMILES string of the molecule is Fc1cccnc1CCNC(=S)Nc1ncc[nH]1. The normalized spacial score (nSPS) is 10.1. The summed E-state index contributed by atoms with van der Waals surface area (Å²) in [6, 6.07) is 2.96. The fraction of sp³-hybridized carbons (Fsp3) is 0.182. The van der Waals surface area contributed by atoms with Gasteiger partial charge >= 0.3 is 0 Å². The number of thiocarbonyl (C=S) groups is 1. The summed E-state index contributed by atoms with van der Waals surface area (Å²) in [6.45, 7) is 0.500. The maximum absolute atomic E-state index is 13.3. The molecule has 0 aliphatic carbocycles. The Balaban J connectivity index is 1.75. The van der Waals surface area contributed by atoms with Gasteiger partial charge in [-0.3, -0.25) is 4.98 Å². The van der Waals surface area contributed by atoms with Crippen LogP contribution in [-0.2, 0) is 6.42 Å². The van der Waals surface area contributed by atoms with Gasteiger partial charge in [0, 0.05) is 31.6 Å². The average molecular weight is 265 g/mol. The number of aromatic amines is 1. The van der Waals surface area contributed by atoms with Crippen molar-refractivity contribution in [1.29, 1.82) is 0 Å². The molecule has 0 saturated carbocycles. The monoisotopic (exact) mass is 265 g/mol. The van der Waals surface area contributed by atoms with E-state index >= 15 is 0 Å². The molecule has 2 aromatic rings. The lowest BCUT2D eigenvalue weighted by Crippen LogP contribution is -2.30. The number of anilines is 1. The van der Waals surface area contributed by atoms with E-state index in [9.17, 15) is 4.39 Å². The average Bonchev–Trinajstić information content (AvgIpc) is 2.84. The van der Waals surface area contributed by atoms with E-state index in [0.29, 0.717) is 29.7 Å². The van der Waals surface area contributed by atoms with Crippen molar-refractivity contribution < 1.29 is 4.39 Å². The number of aromatic nitrogens is 3. The molecule has 0 radical (unpaired) electrons. The zero-order chi connectivity index (χ0) is 12.8. The van der Waals surface area contributed by atoms with Gasteiger partial charge in [-0.15, -0.1) is 0 Å². The summed E-state index contributed by atoms with van der Waals surface area (Å²) in [7, 11) is 0. The Morgan fingerprint density at radius 1 is 1.39 bits per heavy atom. The quantitative estimate of drug-likeness (QED) is 0.731. The molecule has 2 heterocycles. The molecule has 0 fully saturated rings. The lowest BCUT2D eigenvalue weighted by atomic mass is 10.2. The first kappa shape index (κ1) is 12.4. The summed E-state index contributed by atoms with van der Waals surface area (Å²) in [5, 5.41) is 6.24. The fourth-order valence-electron chi connectivity index (χ4n) is 1.38. The predicted molar refractivity (Wildman–Crippen MR) is 70.7 cm³/mol. The summed E-state index contributed by atoms with van der Waals surface area (Å²) in [6.07, 6.45) is 5.34. The lowest BCUT2D eigenvalue weighted by molar-refractivity contribution is 0.596. The molecule has 0 spiro atoms. The summed E-state index contributed by atoms with van der Waals surface area (Å²) in [4.78, 5) is 10.8. The number of pyridine rings is 1. The number of hydrogen-bond donors (Lipinski definition) is 3. The van der Waals surface area contributed by atoms with E-state index in [-0.39, 0.29) is 5.82 Å². The van der Waals surface area contributed by atoms with Crippen molar-refractivity contribution in [2.24, 2.45) is 0 Å². The summed E-state index contributed by atoms with van der Waals surface area (Å²) in [5.41, 5.74) is 0.422. The van der Waals surface area contributed by atoms with Gasteiger partial charge in [0.15, 0.2) is 5.11 Å². The second-order valence-electron chi connectivity index (χ2n) is 3.50. The maximum Gasteiger partial charge on any atom is 0.206 e. The van der Waals surface area contributed by atoms with Crippen LogP contribution in [0.25, 0.3) is 0 Å². The molecule has 0 aromatic carbocycles. The fourth-order valence-corrected chi connectivity index (χ4v) is 1.58. The molecular weight excluding hydrogens is 253 g/mol. The third-order valence-electron chi connectivity index (χ3n) is 2.21. The number of nitrogens with one attached hydrogen (secondary N) is 3. The van der Waals surface area contributed by atoms with E-state index < -0.39 is 0 Å². The third kappa shape index (κ3) is 3.49. The van der Waals surface area contributed by atoms with Crippen LogP contribution in [0.2, 0.25) is 0 Å². The first-order valence-corrected chi connectivity index (χ1v) is 5.80. The van der Waals surface area contributed by atoms with E-state index in [4.69, 9.17) is 12.2 Å². The summed E-state index contributed by atoms with van der Waals surface area (Å²) >= 11 is 5.05. The van der Waals surface area contributed by atoms with Gasteiger partial charge in [0.25, 0.3) is 0 Å². The molecule has 0 saturated heterocycles. The first-order chi connectivity index (χ1) is 8.75. The molecule has 0 bridgehead atoms. The molecule has 7 heteroatoms. The molecule has 0 unspecified atom stereocenters. The summed E-state index contributed by atoms with van der Waals surface area (Å²) in [5.74, 6) is 0.265. The van der Waals surface area contributed by atoms with Crippen LogP contribution in [0.3, 0.4) is 0 Å². The van der Waals surface area contributed by atoms with Gasteiger partial charge in [-0.05, 0) is 24.4 Å². The predicted octanol–water partition coefficient (Wildman–Crippen LogP) is 1.47.